The third kappa shape index (κ3) is 3.79. The Morgan fingerprint density at radius 3 is 2.39 bits per heavy atom. The van der Waals surface area contributed by atoms with Crippen LogP contribution >= 0.6 is 15.9 Å². The van der Waals surface area contributed by atoms with Crippen molar-refractivity contribution in [3.8, 4) is 0 Å². The average Bonchev–Trinajstić information content (AvgIpc) is 2.35. The molecular formula is C11H14BrNO4S. The second kappa shape index (κ2) is 6.31. The van der Waals surface area contributed by atoms with Gasteiger partial charge >= 0.3 is 5.97 Å². The Bertz CT molecular complexity index is 512. The predicted molar refractivity (Wildman–Crippen MR) is 70.6 cm³/mol. The van der Waals surface area contributed by atoms with Gasteiger partial charge in [-0.3, -0.25) is 4.79 Å². The van der Waals surface area contributed by atoms with Gasteiger partial charge in [-0.25, -0.2) is 8.42 Å². The van der Waals surface area contributed by atoms with Crippen molar-refractivity contribution in [3.05, 3.63) is 28.7 Å². The molecular weight excluding hydrogens is 322 g/mol. The van der Waals surface area contributed by atoms with E-state index in [0.717, 1.165) is 4.47 Å². The number of hydrogen-bond donors (Lipinski definition) is 1. The van der Waals surface area contributed by atoms with Crippen molar-refractivity contribution in [2.45, 2.75) is 24.3 Å². The van der Waals surface area contributed by atoms with E-state index in [-0.39, 0.29) is 4.90 Å². The lowest BCUT2D eigenvalue weighted by molar-refractivity contribution is -0.142. The molecule has 0 heterocycles. The van der Waals surface area contributed by atoms with Crippen LogP contribution in [0.4, 0.5) is 0 Å². The highest BCUT2D eigenvalue weighted by Crippen LogP contribution is 2.15. The highest BCUT2D eigenvalue weighted by atomic mass is 79.9. The summed E-state index contributed by atoms with van der Waals surface area (Å²) in [7, 11) is -2.49. The molecule has 100 valence electrons. The highest BCUT2D eigenvalue weighted by Gasteiger charge is 2.24. The minimum atomic E-state index is -3.72. The monoisotopic (exact) mass is 335 g/mol. The van der Waals surface area contributed by atoms with E-state index in [9.17, 15) is 13.2 Å². The van der Waals surface area contributed by atoms with Crippen LogP contribution in [0.5, 0.6) is 0 Å². The van der Waals surface area contributed by atoms with E-state index in [2.05, 4.69) is 25.4 Å². The molecule has 7 heteroatoms. The fourth-order valence-electron chi connectivity index (χ4n) is 1.31. The topological polar surface area (TPSA) is 72.5 Å². The second-order valence-corrected chi connectivity index (χ2v) is 6.19. The van der Waals surface area contributed by atoms with Gasteiger partial charge in [0.05, 0.1) is 12.0 Å². The molecule has 1 rings (SSSR count). The Kier molecular flexibility index (Phi) is 5.30. The first-order chi connectivity index (χ1) is 8.40. The third-order valence-corrected chi connectivity index (χ3v) is 4.33. The van der Waals surface area contributed by atoms with Crippen LogP contribution in [0.1, 0.15) is 13.3 Å². The lowest BCUT2D eigenvalue weighted by Crippen LogP contribution is -2.40. The molecule has 0 saturated heterocycles. The third-order valence-electron chi connectivity index (χ3n) is 2.32. The molecule has 1 atom stereocenters. The first-order valence-electron chi connectivity index (χ1n) is 5.26. The number of methoxy groups -OCH3 is 1. The minimum absolute atomic E-state index is 0.105. The lowest BCUT2D eigenvalue weighted by atomic mass is 10.2. The number of ether oxygens (including phenoxy) is 1. The van der Waals surface area contributed by atoms with Crippen molar-refractivity contribution in [3.63, 3.8) is 0 Å². The maximum absolute atomic E-state index is 12.0. The molecule has 1 aromatic carbocycles. The van der Waals surface area contributed by atoms with Gasteiger partial charge in [0.25, 0.3) is 0 Å². The normalized spacial score (nSPS) is 13.1. The Morgan fingerprint density at radius 1 is 1.39 bits per heavy atom. The van der Waals surface area contributed by atoms with Crippen LogP contribution in [0, 0.1) is 0 Å². The SMILES string of the molecule is CC[C@@H](NS(=O)(=O)c1ccc(Br)cc1)C(=O)OC. The summed E-state index contributed by atoms with van der Waals surface area (Å²) < 4.78 is 31.6. The van der Waals surface area contributed by atoms with Gasteiger partial charge in [0.2, 0.25) is 10.0 Å². The van der Waals surface area contributed by atoms with E-state index in [4.69, 9.17) is 0 Å². The van der Waals surface area contributed by atoms with Gasteiger partial charge in [-0.1, -0.05) is 22.9 Å². The highest BCUT2D eigenvalue weighted by molar-refractivity contribution is 9.10. The van der Waals surface area contributed by atoms with E-state index in [1.54, 1.807) is 19.1 Å². The molecule has 0 bridgehead atoms. The summed E-state index contributed by atoms with van der Waals surface area (Å²) >= 11 is 3.22. The Balaban J connectivity index is 2.94. The zero-order valence-corrected chi connectivity index (χ0v) is 12.4. The van der Waals surface area contributed by atoms with Crippen LogP contribution in [0.3, 0.4) is 0 Å². The smallest absolute Gasteiger partial charge is 0.323 e. The van der Waals surface area contributed by atoms with Gasteiger partial charge in [0.1, 0.15) is 6.04 Å². The molecule has 0 spiro atoms. The summed E-state index contributed by atoms with van der Waals surface area (Å²) in [5.41, 5.74) is 0. The first-order valence-corrected chi connectivity index (χ1v) is 7.54. The number of rotatable bonds is 5. The van der Waals surface area contributed by atoms with Gasteiger partial charge in [0.15, 0.2) is 0 Å². The molecule has 5 nitrogen and oxygen atoms in total. The van der Waals surface area contributed by atoms with Gasteiger partial charge in [0, 0.05) is 4.47 Å². The predicted octanol–water partition coefficient (Wildman–Crippen LogP) is 1.68. The molecule has 0 radical (unpaired) electrons. The van der Waals surface area contributed by atoms with Gasteiger partial charge in [-0.15, -0.1) is 0 Å². The Labute approximate surface area is 115 Å². The van der Waals surface area contributed by atoms with Crippen LogP contribution in [-0.4, -0.2) is 27.5 Å². The Hall–Kier alpha value is -0.920. The number of benzene rings is 1. The number of carbonyl (C=O) groups excluding carboxylic acids is 1. The van der Waals surface area contributed by atoms with Gasteiger partial charge < -0.3 is 4.74 Å². The summed E-state index contributed by atoms with van der Waals surface area (Å²) in [5, 5.41) is 0. The van der Waals surface area contributed by atoms with E-state index < -0.39 is 22.0 Å². The zero-order valence-electron chi connectivity index (χ0n) is 10.0. The van der Waals surface area contributed by atoms with E-state index in [1.165, 1.54) is 19.2 Å². The average molecular weight is 336 g/mol. The zero-order chi connectivity index (χ0) is 13.8. The van der Waals surface area contributed by atoms with Gasteiger partial charge in [-0.2, -0.15) is 4.72 Å². The number of sulfonamides is 1. The van der Waals surface area contributed by atoms with Crippen LogP contribution < -0.4 is 4.72 Å². The summed E-state index contributed by atoms with van der Waals surface area (Å²) in [4.78, 5) is 11.5. The molecule has 0 unspecified atom stereocenters. The molecule has 0 aromatic heterocycles. The fourth-order valence-corrected chi connectivity index (χ4v) is 2.84. The standard InChI is InChI=1S/C11H14BrNO4S/c1-3-10(11(14)17-2)13-18(15,16)9-6-4-8(12)5-7-9/h4-7,10,13H,3H2,1-2H3/t10-/m1/s1. The van der Waals surface area contributed by atoms with Crippen molar-refractivity contribution >= 4 is 31.9 Å². The number of esters is 1. The lowest BCUT2D eigenvalue weighted by Gasteiger charge is -2.14. The number of halogens is 1. The van der Waals surface area contributed by atoms with Crippen LogP contribution in [0.25, 0.3) is 0 Å². The minimum Gasteiger partial charge on any atom is -0.468 e. The number of hydrogen-bond acceptors (Lipinski definition) is 4. The molecule has 0 fully saturated rings. The van der Waals surface area contributed by atoms with Crippen LogP contribution in [0.2, 0.25) is 0 Å². The molecule has 0 saturated carbocycles. The van der Waals surface area contributed by atoms with Crippen LogP contribution in [-0.2, 0) is 19.6 Å². The summed E-state index contributed by atoms with van der Waals surface area (Å²) in [6, 6.07) is 5.28. The summed E-state index contributed by atoms with van der Waals surface area (Å²) in [5.74, 6) is -0.599. The van der Waals surface area contributed by atoms with E-state index >= 15 is 0 Å². The molecule has 1 N–H and O–H groups in total. The molecule has 0 aliphatic carbocycles. The maximum atomic E-state index is 12.0. The molecule has 0 aliphatic rings. The van der Waals surface area contributed by atoms with Crippen molar-refractivity contribution in [2.75, 3.05) is 7.11 Å². The fraction of sp³-hybridized carbons (Fsp3) is 0.364. The Morgan fingerprint density at radius 2 is 1.94 bits per heavy atom. The van der Waals surface area contributed by atoms with Crippen molar-refractivity contribution in [1.82, 2.24) is 4.72 Å². The number of nitrogens with one attached hydrogen (secondary N) is 1. The molecule has 18 heavy (non-hydrogen) atoms. The van der Waals surface area contributed by atoms with Crippen molar-refractivity contribution < 1.29 is 17.9 Å². The van der Waals surface area contributed by atoms with Gasteiger partial charge in [-0.05, 0) is 30.7 Å². The molecule has 1 aromatic rings. The largest absolute Gasteiger partial charge is 0.468 e. The van der Waals surface area contributed by atoms with Crippen molar-refractivity contribution in [2.24, 2.45) is 0 Å². The summed E-state index contributed by atoms with van der Waals surface area (Å²) in [6.07, 6.45) is 0.322. The maximum Gasteiger partial charge on any atom is 0.323 e. The molecule has 0 aliphatic heterocycles. The summed E-state index contributed by atoms with van der Waals surface area (Å²) in [6.45, 7) is 1.70. The first kappa shape index (κ1) is 15.1. The quantitative estimate of drug-likeness (QED) is 0.831. The van der Waals surface area contributed by atoms with Crippen molar-refractivity contribution in [1.29, 1.82) is 0 Å². The van der Waals surface area contributed by atoms with E-state index in [1.807, 2.05) is 0 Å². The second-order valence-electron chi connectivity index (χ2n) is 3.56. The molecule has 0 amide bonds. The van der Waals surface area contributed by atoms with Crippen LogP contribution in [0.15, 0.2) is 33.6 Å². The van der Waals surface area contributed by atoms with E-state index in [0.29, 0.717) is 6.42 Å². The number of carbonyl (C=O) groups is 1.